The number of ether oxygens (including phenoxy) is 2. The molecule has 3 aliphatic rings. The van der Waals surface area contributed by atoms with E-state index in [1.165, 1.54) is 103 Å². The van der Waals surface area contributed by atoms with E-state index in [1.54, 1.807) is 13.8 Å². The molecule has 0 amide bonds. The number of carbonyl (C=O) groups is 2. The van der Waals surface area contributed by atoms with Crippen molar-refractivity contribution >= 4 is 12.4 Å². The summed E-state index contributed by atoms with van der Waals surface area (Å²) in [5.41, 5.74) is 1.22. The first-order valence-electron chi connectivity index (χ1n) is 16.9. The molecule has 0 aromatic carbocycles. The molecule has 0 radical (unpaired) electrons. The van der Waals surface area contributed by atoms with E-state index in [4.69, 9.17) is 14.6 Å². The lowest BCUT2D eigenvalue weighted by atomic mass is 9.64. The molecule has 1 N–H and O–H groups in total. The highest BCUT2D eigenvalue weighted by Gasteiger charge is 2.35. The van der Waals surface area contributed by atoms with Crippen molar-refractivity contribution in [1.82, 2.24) is 0 Å². The normalized spacial score (nSPS) is 28.9. The quantitative estimate of drug-likeness (QED) is 0.0695. The van der Waals surface area contributed by atoms with Gasteiger partial charge in [0.2, 0.25) is 0 Å². The number of rotatable bonds is 15. The largest absolute Gasteiger partial charge is 0.467 e. The maximum atomic E-state index is 11.8. The van der Waals surface area contributed by atoms with E-state index in [1.807, 2.05) is 0 Å². The summed E-state index contributed by atoms with van der Waals surface area (Å²) >= 11 is 0. The Bertz CT molecular complexity index is 752. The topological polar surface area (TPSA) is 72.8 Å². The van der Waals surface area contributed by atoms with Crippen molar-refractivity contribution in [2.24, 2.45) is 41.4 Å². The number of esters is 1. The van der Waals surface area contributed by atoms with Crippen LogP contribution in [0.5, 0.6) is 0 Å². The van der Waals surface area contributed by atoms with Crippen molar-refractivity contribution in [3.63, 3.8) is 0 Å². The first kappa shape index (κ1) is 35.6. The van der Waals surface area contributed by atoms with E-state index in [9.17, 15) is 9.59 Å². The van der Waals surface area contributed by atoms with Gasteiger partial charge < -0.3 is 14.6 Å². The van der Waals surface area contributed by atoms with Gasteiger partial charge in [-0.15, -0.1) is 0 Å². The average molecular weight is 575 g/mol. The minimum absolute atomic E-state index is 0.0808. The zero-order chi connectivity index (χ0) is 30.0. The molecular formula is C36H62O5. The molecule has 3 rings (SSSR count). The molecule has 0 aromatic rings. The minimum Gasteiger partial charge on any atom is -0.467 e. The van der Waals surface area contributed by atoms with Gasteiger partial charge in [-0.05, 0) is 107 Å². The number of aliphatic hydroxyl groups is 1. The third kappa shape index (κ3) is 13.9. The molecule has 0 bridgehead atoms. The Labute approximate surface area is 251 Å². The van der Waals surface area contributed by atoms with Gasteiger partial charge >= 0.3 is 5.97 Å². The van der Waals surface area contributed by atoms with Gasteiger partial charge in [-0.2, -0.15) is 0 Å². The molecule has 0 saturated heterocycles. The Morgan fingerprint density at radius 3 is 1.68 bits per heavy atom. The molecule has 0 spiro atoms. The Hall–Kier alpha value is -1.62. The van der Waals surface area contributed by atoms with Crippen LogP contribution in [0.4, 0.5) is 0 Å². The van der Waals surface area contributed by atoms with Crippen LogP contribution in [0.25, 0.3) is 0 Å². The van der Waals surface area contributed by atoms with Crippen LogP contribution in [0.1, 0.15) is 130 Å². The summed E-state index contributed by atoms with van der Waals surface area (Å²) in [5.74, 6) is 5.28. The molecule has 236 valence electrons. The SMILES string of the molecule is C=C(C)C(=O)OCC(COC=O)CC1CCC(C2CCC(C3CCC(CCCCC)CC3)CC2)CC1.C=C(C)CO. The fourth-order valence-electron chi connectivity index (χ4n) is 7.76. The van der Waals surface area contributed by atoms with E-state index < -0.39 is 0 Å². The molecule has 0 aliphatic heterocycles. The van der Waals surface area contributed by atoms with Gasteiger partial charge in [0.25, 0.3) is 6.47 Å². The Kier molecular flexibility index (Phi) is 17.6. The van der Waals surface area contributed by atoms with Gasteiger partial charge in [-0.3, -0.25) is 4.79 Å². The van der Waals surface area contributed by atoms with Crippen molar-refractivity contribution < 1.29 is 24.2 Å². The highest BCUT2D eigenvalue weighted by molar-refractivity contribution is 5.86. The number of carbonyl (C=O) groups excluding carboxylic acids is 2. The van der Waals surface area contributed by atoms with E-state index in [0.717, 1.165) is 41.6 Å². The number of unbranched alkanes of at least 4 members (excludes halogenated alkanes) is 2. The molecule has 3 aliphatic carbocycles. The van der Waals surface area contributed by atoms with Crippen molar-refractivity contribution in [2.75, 3.05) is 19.8 Å². The summed E-state index contributed by atoms with van der Waals surface area (Å²) in [6, 6.07) is 0. The van der Waals surface area contributed by atoms with E-state index in [2.05, 4.69) is 20.1 Å². The van der Waals surface area contributed by atoms with Gasteiger partial charge in [0.1, 0.15) is 0 Å². The third-order valence-electron chi connectivity index (χ3n) is 10.3. The number of aliphatic hydroxyl groups excluding tert-OH is 1. The van der Waals surface area contributed by atoms with Crippen LogP contribution >= 0.6 is 0 Å². The predicted octanol–water partition coefficient (Wildman–Crippen LogP) is 8.84. The molecular weight excluding hydrogens is 512 g/mol. The summed E-state index contributed by atoms with van der Waals surface area (Å²) in [6.45, 7) is 14.1. The van der Waals surface area contributed by atoms with Gasteiger partial charge in [0.05, 0.1) is 19.8 Å². The zero-order valence-corrected chi connectivity index (χ0v) is 26.8. The second kappa shape index (κ2) is 20.3. The van der Waals surface area contributed by atoms with Crippen LogP contribution in [0, 0.1) is 41.4 Å². The predicted molar refractivity (Wildman–Crippen MR) is 168 cm³/mol. The molecule has 1 unspecified atom stereocenters. The van der Waals surface area contributed by atoms with Crippen LogP contribution in [0.2, 0.25) is 0 Å². The van der Waals surface area contributed by atoms with Crippen LogP contribution in [-0.4, -0.2) is 37.4 Å². The maximum Gasteiger partial charge on any atom is 0.333 e. The van der Waals surface area contributed by atoms with Gasteiger partial charge in [0.15, 0.2) is 0 Å². The third-order valence-corrected chi connectivity index (χ3v) is 10.3. The summed E-state index contributed by atoms with van der Waals surface area (Å²) < 4.78 is 10.4. The summed E-state index contributed by atoms with van der Waals surface area (Å²) in [4.78, 5) is 22.5. The molecule has 5 heteroatoms. The summed E-state index contributed by atoms with van der Waals surface area (Å²) in [7, 11) is 0. The van der Waals surface area contributed by atoms with Crippen molar-refractivity contribution in [3.05, 3.63) is 24.3 Å². The average Bonchev–Trinajstić information content (AvgIpc) is 2.99. The Morgan fingerprint density at radius 2 is 1.27 bits per heavy atom. The molecule has 0 aromatic heterocycles. The second-order valence-corrected chi connectivity index (χ2v) is 13.8. The first-order chi connectivity index (χ1) is 19.8. The fraction of sp³-hybridized carbons (Fsp3) is 0.833. The smallest absolute Gasteiger partial charge is 0.333 e. The van der Waals surface area contributed by atoms with Gasteiger partial charge in [-0.25, -0.2) is 4.79 Å². The molecule has 1 atom stereocenters. The molecule has 5 nitrogen and oxygen atoms in total. The van der Waals surface area contributed by atoms with Crippen molar-refractivity contribution in [3.8, 4) is 0 Å². The van der Waals surface area contributed by atoms with Crippen LogP contribution < -0.4 is 0 Å². The van der Waals surface area contributed by atoms with Gasteiger partial charge in [0, 0.05) is 11.5 Å². The first-order valence-corrected chi connectivity index (χ1v) is 16.9. The van der Waals surface area contributed by atoms with Crippen molar-refractivity contribution in [2.45, 2.75) is 130 Å². The van der Waals surface area contributed by atoms with Crippen LogP contribution in [0.3, 0.4) is 0 Å². The van der Waals surface area contributed by atoms with Crippen LogP contribution in [-0.2, 0) is 19.1 Å². The molecule has 3 saturated carbocycles. The summed E-state index contributed by atoms with van der Waals surface area (Å²) in [5, 5.41) is 8.04. The Balaban J connectivity index is 0.00000108. The molecule has 0 heterocycles. The Morgan fingerprint density at radius 1 is 0.805 bits per heavy atom. The van der Waals surface area contributed by atoms with E-state index in [-0.39, 0.29) is 18.5 Å². The number of hydrogen-bond acceptors (Lipinski definition) is 5. The monoisotopic (exact) mass is 574 g/mol. The van der Waals surface area contributed by atoms with E-state index >= 15 is 0 Å². The van der Waals surface area contributed by atoms with E-state index in [0.29, 0.717) is 31.2 Å². The lowest BCUT2D eigenvalue weighted by Crippen LogP contribution is -2.30. The summed E-state index contributed by atoms with van der Waals surface area (Å²) in [6.07, 6.45) is 23.8. The standard InChI is InChI=1S/C32H54O4.C4H8O/c1-4-5-6-7-25-8-12-28(13-9-25)30-16-18-31(19-17-30)29-14-10-26(11-15-29)20-27(21-35-23-33)22-36-32(34)24(2)3;1-4(2)3-5/h23,25-31H,2,4-22H2,1,3H3;5H,1,3H2,2H3. The lowest BCUT2D eigenvalue weighted by molar-refractivity contribution is -0.142. The second-order valence-electron chi connectivity index (χ2n) is 13.8. The fourth-order valence-corrected chi connectivity index (χ4v) is 7.76. The van der Waals surface area contributed by atoms with Gasteiger partial charge in [-0.1, -0.05) is 77.0 Å². The number of hydrogen-bond donors (Lipinski definition) is 1. The highest BCUT2D eigenvalue weighted by Crippen LogP contribution is 2.46. The zero-order valence-electron chi connectivity index (χ0n) is 26.8. The van der Waals surface area contributed by atoms with Crippen molar-refractivity contribution in [1.29, 1.82) is 0 Å². The lowest BCUT2D eigenvalue weighted by Gasteiger charge is -2.41. The highest BCUT2D eigenvalue weighted by atomic mass is 16.5. The van der Waals surface area contributed by atoms with Crippen LogP contribution in [0.15, 0.2) is 24.3 Å². The maximum absolute atomic E-state index is 11.8. The molecule has 3 fully saturated rings. The minimum atomic E-state index is -0.356. The molecule has 41 heavy (non-hydrogen) atoms.